The molecule has 8 heteroatoms. The Morgan fingerprint density at radius 1 is 0.865 bits per heavy atom. The number of nitrogens with zero attached hydrogens (tertiary/aromatic N) is 2. The summed E-state index contributed by atoms with van der Waals surface area (Å²) in [5.74, 6) is -0.762. The maximum absolute atomic E-state index is 13.8. The number of aryl methyl sites for hydroxylation is 1. The Hall–Kier alpha value is -3.65. The van der Waals surface area contributed by atoms with Gasteiger partial charge in [0, 0.05) is 12.6 Å². The van der Waals surface area contributed by atoms with E-state index < -0.39 is 28.5 Å². The first-order chi connectivity index (χ1) is 17.6. The van der Waals surface area contributed by atoms with E-state index in [0.717, 1.165) is 21.9 Å². The van der Waals surface area contributed by atoms with E-state index in [9.17, 15) is 18.0 Å². The first kappa shape index (κ1) is 27.9. The molecule has 0 aromatic heterocycles. The number of rotatable bonds is 11. The number of sulfonamides is 1. The lowest BCUT2D eigenvalue weighted by molar-refractivity contribution is -0.139. The highest BCUT2D eigenvalue weighted by molar-refractivity contribution is 7.92. The summed E-state index contributed by atoms with van der Waals surface area (Å²) in [4.78, 5) is 28.4. The molecule has 2 amide bonds. The van der Waals surface area contributed by atoms with E-state index in [1.54, 1.807) is 49.4 Å². The first-order valence-corrected chi connectivity index (χ1v) is 13.9. The number of carbonyl (C=O) groups excluding carboxylic acids is 2. The van der Waals surface area contributed by atoms with Gasteiger partial charge in [-0.25, -0.2) is 8.42 Å². The highest BCUT2D eigenvalue weighted by atomic mass is 32.2. The second-order valence-electron chi connectivity index (χ2n) is 9.16. The molecule has 3 aromatic carbocycles. The predicted molar refractivity (Wildman–Crippen MR) is 147 cm³/mol. The maximum atomic E-state index is 13.8. The van der Waals surface area contributed by atoms with Gasteiger partial charge in [0.05, 0.1) is 10.6 Å². The molecule has 0 radical (unpaired) electrons. The van der Waals surface area contributed by atoms with Crippen LogP contribution < -0.4 is 9.62 Å². The van der Waals surface area contributed by atoms with Crippen LogP contribution in [0.25, 0.3) is 0 Å². The maximum Gasteiger partial charge on any atom is 0.264 e. The van der Waals surface area contributed by atoms with Crippen molar-refractivity contribution in [3.8, 4) is 0 Å². The van der Waals surface area contributed by atoms with Crippen molar-refractivity contribution >= 4 is 27.5 Å². The van der Waals surface area contributed by atoms with Crippen molar-refractivity contribution in [1.29, 1.82) is 0 Å². The smallest absolute Gasteiger partial charge is 0.264 e. The molecule has 0 spiro atoms. The lowest BCUT2D eigenvalue weighted by Crippen LogP contribution is -2.52. The molecule has 0 bridgehead atoms. The third kappa shape index (κ3) is 7.20. The Bertz CT molecular complexity index is 1280. The zero-order valence-electron chi connectivity index (χ0n) is 21.8. The van der Waals surface area contributed by atoms with Crippen LogP contribution in [0.2, 0.25) is 0 Å². The van der Waals surface area contributed by atoms with Gasteiger partial charge in [-0.05, 0) is 57.0 Å². The van der Waals surface area contributed by atoms with Gasteiger partial charge in [-0.3, -0.25) is 13.9 Å². The molecule has 37 heavy (non-hydrogen) atoms. The molecule has 3 rings (SSSR count). The SMILES string of the molecule is CC[C@@H](C)NC(=O)[C@@H](C)N(Cc1ccccc1)C(=O)CN(c1ccc(C)cc1)S(=O)(=O)c1ccccc1. The molecular weight excluding hydrogens is 486 g/mol. The molecule has 0 aliphatic carbocycles. The lowest BCUT2D eigenvalue weighted by Gasteiger charge is -2.32. The summed E-state index contributed by atoms with van der Waals surface area (Å²) in [6.45, 7) is 7.16. The zero-order valence-corrected chi connectivity index (χ0v) is 22.6. The van der Waals surface area contributed by atoms with Crippen LogP contribution in [0.3, 0.4) is 0 Å². The second-order valence-corrected chi connectivity index (χ2v) is 11.0. The molecule has 0 saturated carbocycles. The van der Waals surface area contributed by atoms with Crippen molar-refractivity contribution in [3.63, 3.8) is 0 Å². The summed E-state index contributed by atoms with van der Waals surface area (Å²) in [5, 5.41) is 2.93. The lowest BCUT2D eigenvalue weighted by atomic mass is 10.1. The Labute approximate surface area is 220 Å². The molecule has 0 aliphatic heterocycles. The summed E-state index contributed by atoms with van der Waals surface area (Å²) >= 11 is 0. The van der Waals surface area contributed by atoms with Crippen LogP contribution in [-0.2, 0) is 26.2 Å². The molecule has 0 aliphatic rings. The van der Waals surface area contributed by atoms with Gasteiger partial charge < -0.3 is 10.2 Å². The van der Waals surface area contributed by atoms with Gasteiger partial charge >= 0.3 is 0 Å². The molecule has 0 fully saturated rings. The molecular formula is C29H35N3O4S. The third-order valence-corrected chi connectivity index (χ3v) is 8.08. The van der Waals surface area contributed by atoms with Gasteiger partial charge in [-0.2, -0.15) is 0 Å². The number of carbonyl (C=O) groups is 2. The van der Waals surface area contributed by atoms with Gasteiger partial charge in [0.2, 0.25) is 11.8 Å². The van der Waals surface area contributed by atoms with Crippen LogP contribution in [0, 0.1) is 6.92 Å². The van der Waals surface area contributed by atoms with Crippen molar-refractivity contribution in [2.24, 2.45) is 0 Å². The molecule has 1 N–H and O–H groups in total. The van der Waals surface area contributed by atoms with Crippen LogP contribution in [0.5, 0.6) is 0 Å². The number of anilines is 1. The van der Waals surface area contributed by atoms with Crippen LogP contribution in [0.1, 0.15) is 38.3 Å². The molecule has 0 unspecified atom stereocenters. The standard InChI is InChI=1S/C29H35N3O4S/c1-5-23(3)30-29(34)24(4)31(20-25-12-8-6-9-13-25)28(33)21-32(26-18-16-22(2)17-19-26)37(35,36)27-14-10-7-11-15-27/h6-19,23-24H,5,20-21H2,1-4H3,(H,30,34)/t23-,24-/m1/s1. The third-order valence-electron chi connectivity index (χ3n) is 6.30. The van der Waals surface area contributed by atoms with Crippen molar-refractivity contribution in [1.82, 2.24) is 10.2 Å². The summed E-state index contributed by atoms with van der Waals surface area (Å²) in [6, 6.07) is 23.5. The summed E-state index contributed by atoms with van der Waals surface area (Å²) in [7, 11) is -4.05. The number of benzene rings is 3. The van der Waals surface area contributed by atoms with Gasteiger partial charge in [0.15, 0.2) is 0 Å². The van der Waals surface area contributed by atoms with Crippen LogP contribution in [0.4, 0.5) is 5.69 Å². The Morgan fingerprint density at radius 3 is 2.00 bits per heavy atom. The van der Waals surface area contributed by atoms with Crippen molar-refractivity contribution in [2.75, 3.05) is 10.8 Å². The highest BCUT2D eigenvalue weighted by Gasteiger charge is 2.32. The van der Waals surface area contributed by atoms with E-state index in [1.807, 2.05) is 51.1 Å². The largest absolute Gasteiger partial charge is 0.352 e. The molecule has 3 aromatic rings. The summed E-state index contributed by atoms with van der Waals surface area (Å²) in [6.07, 6.45) is 0.752. The van der Waals surface area contributed by atoms with E-state index in [4.69, 9.17) is 0 Å². The fourth-order valence-corrected chi connectivity index (χ4v) is 5.22. The highest BCUT2D eigenvalue weighted by Crippen LogP contribution is 2.25. The second kappa shape index (κ2) is 12.5. The van der Waals surface area contributed by atoms with Crippen molar-refractivity contribution in [2.45, 2.75) is 57.6 Å². The Morgan fingerprint density at radius 2 is 1.43 bits per heavy atom. The zero-order chi connectivity index (χ0) is 27.0. The quantitative estimate of drug-likeness (QED) is 0.402. The van der Waals surface area contributed by atoms with Gasteiger partial charge in [0.1, 0.15) is 12.6 Å². The van der Waals surface area contributed by atoms with Gasteiger partial charge in [-0.15, -0.1) is 0 Å². The molecule has 7 nitrogen and oxygen atoms in total. The van der Waals surface area contributed by atoms with Gasteiger partial charge in [-0.1, -0.05) is 73.2 Å². The predicted octanol–water partition coefficient (Wildman–Crippen LogP) is 4.52. The van der Waals surface area contributed by atoms with E-state index >= 15 is 0 Å². The van der Waals surface area contributed by atoms with E-state index in [-0.39, 0.29) is 23.4 Å². The number of hydrogen-bond donors (Lipinski definition) is 1. The van der Waals surface area contributed by atoms with E-state index in [0.29, 0.717) is 5.69 Å². The summed E-state index contributed by atoms with van der Waals surface area (Å²) in [5.41, 5.74) is 2.18. The molecule has 2 atom stereocenters. The van der Waals surface area contributed by atoms with Crippen LogP contribution in [0.15, 0.2) is 89.8 Å². The number of nitrogens with one attached hydrogen (secondary N) is 1. The average Bonchev–Trinajstić information content (AvgIpc) is 2.91. The Balaban J connectivity index is 1.99. The topological polar surface area (TPSA) is 86.8 Å². The normalized spacial score (nSPS) is 12.9. The van der Waals surface area contributed by atoms with Gasteiger partial charge in [0.25, 0.3) is 10.0 Å². The van der Waals surface area contributed by atoms with Crippen LogP contribution >= 0.6 is 0 Å². The van der Waals surface area contributed by atoms with Crippen molar-refractivity contribution in [3.05, 3.63) is 96.1 Å². The van der Waals surface area contributed by atoms with Crippen molar-refractivity contribution < 1.29 is 18.0 Å². The average molecular weight is 522 g/mol. The van der Waals surface area contributed by atoms with Crippen LogP contribution in [-0.4, -0.2) is 43.8 Å². The minimum absolute atomic E-state index is 0.0499. The van der Waals surface area contributed by atoms with E-state index in [1.165, 1.54) is 17.0 Å². The first-order valence-electron chi connectivity index (χ1n) is 12.4. The molecule has 196 valence electrons. The Kier molecular flexibility index (Phi) is 9.47. The monoisotopic (exact) mass is 521 g/mol. The minimum Gasteiger partial charge on any atom is -0.352 e. The van der Waals surface area contributed by atoms with E-state index in [2.05, 4.69) is 5.32 Å². The minimum atomic E-state index is -4.05. The number of amides is 2. The molecule has 0 saturated heterocycles. The summed E-state index contributed by atoms with van der Waals surface area (Å²) < 4.78 is 28.5. The fraction of sp³-hybridized carbons (Fsp3) is 0.310. The molecule has 0 heterocycles. The fourth-order valence-electron chi connectivity index (χ4n) is 3.79. The number of hydrogen-bond acceptors (Lipinski definition) is 4.